The summed E-state index contributed by atoms with van der Waals surface area (Å²) in [6.45, 7) is 15.2. The first-order chi connectivity index (χ1) is 14.4. The van der Waals surface area contributed by atoms with Crippen LogP contribution in [0.2, 0.25) is 10.0 Å². The number of carbonyl (C=O) groups is 1. The number of hydrogen-bond donors (Lipinski definition) is 1. The van der Waals surface area contributed by atoms with Gasteiger partial charge in [0.2, 0.25) is 0 Å². The molecule has 5 heteroatoms. The monoisotopic (exact) mass is 462 g/mol. The lowest BCUT2D eigenvalue weighted by Crippen LogP contribution is -2.33. The highest BCUT2D eigenvalue weighted by Gasteiger charge is 2.28. The van der Waals surface area contributed by atoms with Gasteiger partial charge in [0.15, 0.2) is 6.10 Å². The largest absolute Gasteiger partial charge is 0.480 e. The molecule has 0 saturated carbocycles. The van der Waals surface area contributed by atoms with Gasteiger partial charge in [-0.3, -0.25) is 4.79 Å². The highest BCUT2D eigenvalue weighted by Crippen LogP contribution is 2.39. The van der Waals surface area contributed by atoms with Crippen LogP contribution < -0.4 is 10.1 Å². The summed E-state index contributed by atoms with van der Waals surface area (Å²) in [6.07, 6.45) is 1.89. The van der Waals surface area contributed by atoms with Crippen molar-refractivity contribution < 1.29 is 9.53 Å². The number of anilines is 1. The Bertz CT molecular complexity index is 901. The standard InChI is InChI=1S/C26H34Cl2NO2/c1-8-22(24(30)29-20-15-18(27)14-19(28)16-20)31-23-12-11-17(25(4,5)9-2)13-21(23)26(6,7)10-3/h11-13,15-16,22H,8-10H2,1-7H3,(H,29,30). The highest BCUT2D eigenvalue weighted by molar-refractivity contribution is 6.34. The molecule has 0 heterocycles. The van der Waals surface area contributed by atoms with Crippen molar-refractivity contribution in [2.24, 2.45) is 0 Å². The SMILES string of the molecule is CCC(Oc1ccc(C(C)(C)CC)cc1C(C)(C)CC)C(=O)Nc1cc(Cl)[c]c(Cl)c1. The van der Waals surface area contributed by atoms with Gasteiger partial charge in [-0.1, -0.05) is 83.8 Å². The van der Waals surface area contributed by atoms with Crippen LogP contribution in [0.1, 0.15) is 78.9 Å². The summed E-state index contributed by atoms with van der Waals surface area (Å²) in [6, 6.07) is 12.4. The van der Waals surface area contributed by atoms with Gasteiger partial charge < -0.3 is 10.1 Å². The molecule has 0 spiro atoms. The Morgan fingerprint density at radius 3 is 2.10 bits per heavy atom. The maximum Gasteiger partial charge on any atom is 0.265 e. The Hall–Kier alpha value is -1.71. The third kappa shape index (κ3) is 6.40. The van der Waals surface area contributed by atoms with E-state index in [4.69, 9.17) is 27.9 Å². The predicted octanol–water partition coefficient (Wildman–Crippen LogP) is 7.96. The minimum absolute atomic E-state index is 0.0709. The first kappa shape index (κ1) is 25.5. The van der Waals surface area contributed by atoms with E-state index in [0.29, 0.717) is 22.2 Å². The topological polar surface area (TPSA) is 38.3 Å². The molecule has 0 fully saturated rings. The van der Waals surface area contributed by atoms with E-state index in [-0.39, 0.29) is 16.7 Å². The molecule has 1 N–H and O–H groups in total. The zero-order valence-corrected chi connectivity index (χ0v) is 21.2. The summed E-state index contributed by atoms with van der Waals surface area (Å²) < 4.78 is 6.29. The van der Waals surface area contributed by atoms with E-state index in [0.717, 1.165) is 24.2 Å². The Balaban J connectivity index is 2.36. The number of rotatable bonds is 9. The lowest BCUT2D eigenvalue weighted by atomic mass is 9.76. The van der Waals surface area contributed by atoms with E-state index in [1.807, 2.05) is 13.0 Å². The normalized spacial score (nSPS) is 13.1. The van der Waals surface area contributed by atoms with Crippen molar-refractivity contribution in [2.75, 3.05) is 5.32 Å². The second-order valence-electron chi connectivity index (χ2n) is 9.25. The summed E-state index contributed by atoms with van der Waals surface area (Å²) >= 11 is 12.0. The van der Waals surface area contributed by atoms with Gasteiger partial charge in [-0.25, -0.2) is 0 Å². The Morgan fingerprint density at radius 1 is 1.00 bits per heavy atom. The minimum Gasteiger partial charge on any atom is -0.480 e. The number of benzene rings is 2. The van der Waals surface area contributed by atoms with Crippen LogP contribution in [0.4, 0.5) is 5.69 Å². The summed E-state index contributed by atoms with van der Waals surface area (Å²) in [5.41, 5.74) is 2.92. The third-order valence-corrected chi connectivity index (χ3v) is 6.67. The van der Waals surface area contributed by atoms with Crippen LogP contribution in [0.25, 0.3) is 0 Å². The van der Waals surface area contributed by atoms with Crippen molar-refractivity contribution in [3.63, 3.8) is 0 Å². The summed E-state index contributed by atoms with van der Waals surface area (Å²) in [5.74, 6) is 0.515. The molecule has 0 bridgehead atoms. The van der Waals surface area contributed by atoms with Crippen molar-refractivity contribution in [3.05, 3.63) is 57.6 Å². The number of ether oxygens (including phenoxy) is 1. The third-order valence-electron chi connectivity index (χ3n) is 6.26. The van der Waals surface area contributed by atoms with Crippen LogP contribution in [0.15, 0.2) is 30.3 Å². The number of nitrogens with one attached hydrogen (secondary N) is 1. The van der Waals surface area contributed by atoms with Crippen molar-refractivity contribution in [3.8, 4) is 5.75 Å². The molecular weight excluding hydrogens is 429 g/mol. The van der Waals surface area contributed by atoms with Gasteiger partial charge in [-0.05, 0) is 53.9 Å². The van der Waals surface area contributed by atoms with Crippen LogP contribution in [0.5, 0.6) is 5.75 Å². The maximum atomic E-state index is 12.9. The molecule has 1 unspecified atom stereocenters. The molecule has 0 aromatic heterocycles. The molecule has 0 aliphatic heterocycles. The average molecular weight is 463 g/mol. The molecule has 2 rings (SSSR count). The van der Waals surface area contributed by atoms with Gasteiger partial charge in [0.25, 0.3) is 5.91 Å². The molecule has 31 heavy (non-hydrogen) atoms. The van der Waals surface area contributed by atoms with Crippen LogP contribution in [0, 0.1) is 6.07 Å². The molecular formula is C26H34Cl2NO2. The molecule has 2 aromatic carbocycles. The van der Waals surface area contributed by atoms with Gasteiger partial charge in [-0.15, -0.1) is 0 Å². The van der Waals surface area contributed by atoms with E-state index in [1.165, 1.54) is 5.56 Å². The van der Waals surface area contributed by atoms with E-state index in [1.54, 1.807) is 12.1 Å². The van der Waals surface area contributed by atoms with Gasteiger partial charge in [0.1, 0.15) is 5.75 Å². The molecule has 0 aliphatic carbocycles. The molecule has 0 aliphatic rings. The zero-order chi connectivity index (χ0) is 23.4. The first-order valence-electron chi connectivity index (χ1n) is 10.9. The molecule has 1 atom stereocenters. The van der Waals surface area contributed by atoms with Gasteiger partial charge >= 0.3 is 0 Å². The first-order valence-corrected chi connectivity index (χ1v) is 11.7. The number of hydrogen-bond acceptors (Lipinski definition) is 2. The Morgan fingerprint density at radius 2 is 1.58 bits per heavy atom. The second-order valence-corrected chi connectivity index (χ2v) is 10.1. The smallest absolute Gasteiger partial charge is 0.265 e. The minimum atomic E-state index is -0.641. The summed E-state index contributed by atoms with van der Waals surface area (Å²) in [5, 5.41) is 3.55. The molecule has 0 saturated heterocycles. The van der Waals surface area contributed by atoms with Crippen molar-refractivity contribution in [1.82, 2.24) is 0 Å². The second kappa shape index (κ2) is 10.3. The highest BCUT2D eigenvalue weighted by atomic mass is 35.5. The van der Waals surface area contributed by atoms with Gasteiger partial charge in [0.05, 0.1) is 10.0 Å². The van der Waals surface area contributed by atoms with Crippen LogP contribution in [-0.4, -0.2) is 12.0 Å². The zero-order valence-electron chi connectivity index (χ0n) is 19.7. The number of amides is 1. The van der Waals surface area contributed by atoms with Crippen LogP contribution in [0.3, 0.4) is 0 Å². The van der Waals surface area contributed by atoms with Crippen molar-refractivity contribution in [2.45, 2.75) is 84.7 Å². The van der Waals surface area contributed by atoms with Crippen LogP contribution >= 0.6 is 23.2 Å². The Labute approximate surface area is 197 Å². The van der Waals surface area contributed by atoms with Gasteiger partial charge in [-0.2, -0.15) is 0 Å². The van der Waals surface area contributed by atoms with E-state index < -0.39 is 6.10 Å². The maximum absolute atomic E-state index is 12.9. The lowest BCUT2D eigenvalue weighted by Gasteiger charge is -2.31. The molecule has 3 nitrogen and oxygen atoms in total. The Kier molecular flexibility index (Phi) is 8.47. The van der Waals surface area contributed by atoms with Crippen molar-refractivity contribution >= 4 is 34.8 Å². The fraction of sp³-hybridized carbons (Fsp3) is 0.500. The molecule has 1 amide bonds. The van der Waals surface area contributed by atoms with Gasteiger partial charge in [0, 0.05) is 17.3 Å². The van der Waals surface area contributed by atoms with E-state index >= 15 is 0 Å². The van der Waals surface area contributed by atoms with E-state index in [2.05, 4.69) is 65.1 Å². The predicted molar refractivity (Wildman–Crippen MR) is 132 cm³/mol. The quantitative estimate of drug-likeness (QED) is 0.410. The average Bonchev–Trinajstić information content (AvgIpc) is 2.70. The number of halogens is 2. The van der Waals surface area contributed by atoms with Crippen molar-refractivity contribution in [1.29, 1.82) is 0 Å². The lowest BCUT2D eigenvalue weighted by molar-refractivity contribution is -0.122. The van der Waals surface area contributed by atoms with E-state index in [9.17, 15) is 4.79 Å². The molecule has 1 radical (unpaired) electrons. The summed E-state index contributed by atoms with van der Waals surface area (Å²) in [7, 11) is 0. The number of carbonyl (C=O) groups excluding carboxylic acids is 1. The van der Waals surface area contributed by atoms with Crippen LogP contribution in [-0.2, 0) is 15.6 Å². The molecule has 2 aromatic rings. The fourth-order valence-electron chi connectivity index (χ4n) is 3.25. The fourth-order valence-corrected chi connectivity index (χ4v) is 3.74. The summed E-state index contributed by atoms with van der Waals surface area (Å²) in [4.78, 5) is 12.9. The molecule has 169 valence electrons.